The van der Waals surface area contributed by atoms with Gasteiger partial charge in [0.1, 0.15) is 0 Å². The van der Waals surface area contributed by atoms with Crippen molar-refractivity contribution in [2.24, 2.45) is 35.5 Å². The molecule has 0 radical (unpaired) electrons. The first-order valence-corrected chi connectivity index (χ1v) is 9.25. The first kappa shape index (κ1) is 15.4. The molecule has 3 aliphatic rings. The maximum Gasteiger partial charge on any atom is 0.308 e. The highest BCUT2D eigenvalue weighted by Crippen LogP contribution is 2.49. The maximum atomic E-state index is 11.8. The van der Waals surface area contributed by atoms with Crippen LogP contribution in [0, 0.1) is 35.5 Å². The Morgan fingerprint density at radius 2 is 1.29 bits per heavy atom. The van der Waals surface area contributed by atoms with Gasteiger partial charge in [0.25, 0.3) is 0 Å². The summed E-state index contributed by atoms with van der Waals surface area (Å²) < 4.78 is 4.96. The van der Waals surface area contributed by atoms with Crippen LogP contribution in [0.1, 0.15) is 71.1 Å². The lowest BCUT2D eigenvalue weighted by atomic mass is 9.61. The smallest absolute Gasteiger partial charge is 0.308 e. The molecule has 3 saturated carbocycles. The number of hydrogen-bond acceptors (Lipinski definition) is 2. The summed E-state index contributed by atoms with van der Waals surface area (Å²) in [4.78, 5) is 11.8. The van der Waals surface area contributed by atoms with E-state index in [0.717, 1.165) is 42.4 Å². The molecule has 3 fully saturated rings. The van der Waals surface area contributed by atoms with Gasteiger partial charge in [0.15, 0.2) is 0 Å². The van der Waals surface area contributed by atoms with E-state index in [1.54, 1.807) is 0 Å². The van der Waals surface area contributed by atoms with Crippen LogP contribution in [0.25, 0.3) is 0 Å². The van der Waals surface area contributed by atoms with Crippen molar-refractivity contribution in [2.45, 2.75) is 71.1 Å². The Morgan fingerprint density at radius 1 is 0.762 bits per heavy atom. The summed E-state index contributed by atoms with van der Waals surface area (Å²) in [6, 6.07) is 0. The summed E-state index contributed by atoms with van der Waals surface area (Å²) in [5.41, 5.74) is 0. The van der Waals surface area contributed by atoms with Crippen LogP contribution < -0.4 is 0 Å². The van der Waals surface area contributed by atoms with Gasteiger partial charge in [-0.15, -0.1) is 0 Å². The van der Waals surface area contributed by atoms with Crippen LogP contribution in [-0.2, 0) is 9.53 Å². The van der Waals surface area contributed by atoms with Crippen molar-refractivity contribution in [3.8, 4) is 0 Å². The third kappa shape index (κ3) is 3.46. The predicted molar refractivity (Wildman–Crippen MR) is 84.8 cm³/mol. The molecule has 4 unspecified atom stereocenters. The van der Waals surface area contributed by atoms with E-state index in [1.807, 2.05) is 0 Å². The van der Waals surface area contributed by atoms with Gasteiger partial charge in [-0.3, -0.25) is 4.79 Å². The second kappa shape index (κ2) is 6.71. The van der Waals surface area contributed by atoms with Crippen molar-refractivity contribution in [3.05, 3.63) is 0 Å². The highest BCUT2D eigenvalue weighted by molar-refractivity contribution is 5.72. The Morgan fingerprint density at radius 3 is 1.95 bits per heavy atom. The fraction of sp³-hybridized carbons (Fsp3) is 0.947. The number of carbonyl (C=O) groups is 1. The number of methoxy groups -OCH3 is 1. The van der Waals surface area contributed by atoms with Crippen LogP contribution in [0.4, 0.5) is 0 Å². The van der Waals surface area contributed by atoms with E-state index >= 15 is 0 Å². The van der Waals surface area contributed by atoms with E-state index < -0.39 is 0 Å². The Kier molecular flexibility index (Phi) is 4.91. The van der Waals surface area contributed by atoms with E-state index in [4.69, 9.17) is 4.74 Å². The van der Waals surface area contributed by atoms with Gasteiger partial charge in [-0.05, 0) is 81.0 Å². The number of esters is 1. The minimum Gasteiger partial charge on any atom is -0.469 e. The van der Waals surface area contributed by atoms with E-state index in [0.29, 0.717) is 0 Å². The van der Waals surface area contributed by atoms with E-state index in [2.05, 4.69) is 6.92 Å². The lowest BCUT2D eigenvalue weighted by molar-refractivity contribution is -0.148. The van der Waals surface area contributed by atoms with Crippen LogP contribution >= 0.6 is 0 Å². The van der Waals surface area contributed by atoms with Crippen molar-refractivity contribution in [3.63, 3.8) is 0 Å². The minimum absolute atomic E-state index is 0.0387. The molecular formula is C19H32O2. The minimum atomic E-state index is 0.0387. The van der Waals surface area contributed by atoms with Crippen LogP contribution in [-0.4, -0.2) is 13.1 Å². The summed E-state index contributed by atoms with van der Waals surface area (Å²) in [5, 5.41) is 0. The molecule has 2 heteroatoms. The predicted octanol–water partition coefficient (Wildman–Crippen LogP) is 4.82. The molecule has 0 aliphatic heterocycles. The second-order valence-electron chi connectivity index (χ2n) is 8.15. The number of hydrogen-bond donors (Lipinski definition) is 0. The first-order chi connectivity index (χ1) is 10.2. The number of ether oxygens (including phenoxy) is 1. The van der Waals surface area contributed by atoms with Crippen molar-refractivity contribution in [1.29, 1.82) is 0 Å². The molecule has 4 atom stereocenters. The Balaban J connectivity index is 1.52. The monoisotopic (exact) mass is 292 g/mol. The van der Waals surface area contributed by atoms with Crippen molar-refractivity contribution < 1.29 is 9.53 Å². The standard InChI is InChI=1S/C19H32O2/c1-13-3-5-14(6-4-13)15-7-8-17-12-18(19(20)21-2)10-9-16(17)11-15/h13-18H,3-12H2,1-2H3. The van der Waals surface area contributed by atoms with Gasteiger partial charge in [0.2, 0.25) is 0 Å². The molecule has 0 bridgehead atoms. The van der Waals surface area contributed by atoms with Crippen molar-refractivity contribution in [1.82, 2.24) is 0 Å². The molecule has 3 rings (SSSR count). The van der Waals surface area contributed by atoms with Crippen molar-refractivity contribution in [2.75, 3.05) is 7.11 Å². The maximum absolute atomic E-state index is 11.8. The average Bonchev–Trinajstić information content (AvgIpc) is 2.54. The van der Waals surface area contributed by atoms with Gasteiger partial charge < -0.3 is 4.74 Å². The highest BCUT2D eigenvalue weighted by atomic mass is 16.5. The molecule has 0 amide bonds. The molecule has 0 aromatic rings. The molecule has 0 heterocycles. The molecule has 0 aromatic heterocycles. The zero-order valence-electron chi connectivity index (χ0n) is 13.9. The summed E-state index contributed by atoms with van der Waals surface area (Å²) in [6.07, 6.45) is 13.6. The van der Waals surface area contributed by atoms with Crippen molar-refractivity contribution >= 4 is 5.97 Å². The van der Waals surface area contributed by atoms with Crippen LogP contribution in [0.2, 0.25) is 0 Å². The third-order valence-corrected chi connectivity index (χ3v) is 6.92. The molecule has 0 spiro atoms. The topological polar surface area (TPSA) is 26.3 Å². The number of fused-ring (bicyclic) bond motifs is 1. The number of carbonyl (C=O) groups excluding carboxylic acids is 1. The first-order valence-electron chi connectivity index (χ1n) is 9.25. The quantitative estimate of drug-likeness (QED) is 0.682. The van der Waals surface area contributed by atoms with Gasteiger partial charge in [-0.2, -0.15) is 0 Å². The lowest BCUT2D eigenvalue weighted by Crippen LogP contribution is -2.36. The van der Waals surface area contributed by atoms with Gasteiger partial charge in [-0.25, -0.2) is 0 Å². The fourth-order valence-corrected chi connectivity index (χ4v) is 5.49. The largest absolute Gasteiger partial charge is 0.469 e. The second-order valence-corrected chi connectivity index (χ2v) is 8.15. The zero-order valence-corrected chi connectivity index (χ0v) is 13.9. The molecule has 0 N–H and O–H groups in total. The lowest BCUT2D eigenvalue weighted by Gasteiger charge is -2.44. The molecule has 2 nitrogen and oxygen atoms in total. The Bertz CT molecular complexity index is 357. The Hall–Kier alpha value is -0.530. The summed E-state index contributed by atoms with van der Waals surface area (Å²) >= 11 is 0. The molecule has 3 aliphatic carbocycles. The van der Waals surface area contributed by atoms with Crippen LogP contribution in [0.15, 0.2) is 0 Å². The average molecular weight is 292 g/mol. The highest BCUT2D eigenvalue weighted by Gasteiger charge is 2.40. The van der Waals surface area contributed by atoms with E-state index in [-0.39, 0.29) is 11.9 Å². The fourth-order valence-electron chi connectivity index (χ4n) is 5.49. The van der Waals surface area contributed by atoms with E-state index in [9.17, 15) is 4.79 Å². The summed E-state index contributed by atoms with van der Waals surface area (Å²) in [5.74, 6) is 4.92. The van der Waals surface area contributed by atoms with Gasteiger partial charge in [0, 0.05) is 0 Å². The van der Waals surface area contributed by atoms with Crippen LogP contribution in [0.5, 0.6) is 0 Å². The molecule has 0 saturated heterocycles. The normalized spacial score (nSPS) is 43.9. The van der Waals surface area contributed by atoms with Gasteiger partial charge >= 0.3 is 5.97 Å². The van der Waals surface area contributed by atoms with Gasteiger partial charge in [0.05, 0.1) is 13.0 Å². The Labute approximate surface area is 130 Å². The third-order valence-electron chi connectivity index (χ3n) is 6.92. The molecule has 0 aromatic carbocycles. The molecular weight excluding hydrogens is 260 g/mol. The van der Waals surface area contributed by atoms with Gasteiger partial charge in [-0.1, -0.05) is 19.8 Å². The summed E-state index contributed by atoms with van der Waals surface area (Å²) in [7, 11) is 1.54. The summed E-state index contributed by atoms with van der Waals surface area (Å²) in [6.45, 7) is 2.42. The molecule has 21 heavy (non-hydrogen) atoms. The number of rotatable bonds is 2. The SMILES string of the molecule is COC(=O)C1CCC2CC(C3CCC(C)CC3)CCC2C1. The van der Waals surface area contributed by atoms with E-state index in [1.165, 1.54) is 58.5 Å². The molecule has 120 valence electrons. The van der Waals surface area contributed by atoms with Crippen LogP contribution in [0.3, 0.4) is 0 Å². The zero-order chi connectivity index (χ0) is 14.8.